The molecule has 0 bridgehead atoms. The van der Waals surface area contributed by atoms with E-state index in [1.165, 1.54) is 0 Å². The third kappa shape index (κ3) is 2.98. The van der Waals surface area contributed by atoms with Gasteiger partial charge in [-0.2, -0.15) is 0 Å². The maximum absolute atomic E-state index is 5.61. The van der Waals surface area contributed by atoms with Crippen molar-refractivity contribution in [2.75, 3.05) is 7.11 Å². The van der Waals surface area contributed by atoms with Gasteiger partial charge in [-0.1, -0.05) is 6.92 Å². The highest BCUT2D eigenvalue weighted by molar-refractivity contribution is 5.31. The zero-order chi connectivity index (χ0) is 9.68. The molecule has 0 aliphatic rings. The van der Waals surface area contributed by atoms with Crippen LogP contribution in [-0.2, 0) is 0 Å². The molecule has 0 aromatic heterocycles. The minimum Gasteiger partial charge on any atom is -0.497 e. The molecule has 0 aliphatic heterocycles. The van der Waals surface area contributed by atoms with Crippen LogP contribution < -0.4 is 9.47 Å². The van der Waals surface area contributed by atoms with Crippen LogP contribution in [0.4, 0.5) is 0 Å². The zero-order valence-corrected chi connectivity index (χ0v) is 8.41. The topological polar surface area (TPSA) is 18.5 Å². The summed E-state index contributed by atoms with van der Waals surface area (Å²) in [6.45, 7) is 4.17. The molecule has 72 valence electrons. The van der Waals surface area contributed by atoms with Crippen molar-refractivity contribution in [1.29, 1.82) is 0 Å². The van der Waals surface area contributed by atoms with E-state index < -0.39 is 0 Å². The van der Waals surface area contributed by atoms with Gasteiger partial charge in [-0.15, -0.1) is 0 Å². The molecule has 1 rings (SSSR count). The Morgan fingerprint density at radius 1 is 1.15 bits per heavy atom. The average molecular weight is 180 g/mol. The van der Waals surface area contributed by atoms with Gasteiger partial charge < -0.3 is 9.47 Å². The second-order valence-corrected chi connectivity index (χ2v) is 3.01. The van der Waals surface area contributed by atoms with E-state index in [9.17, 15) is 0 Å². The molecule has 0 amide bonds. The molecule has 13 heavy (non-hydrogen) atoms. The fourth-order valence-electron chi connectivity index (χ4n) is 0.970. The van der Waals surface area contributed by atoms with Gasteiger partial charge in [-0.05, 0) is 37.6 Å². The van der Waals surface area contributed by atoms with Crippen molar-refractivity contribution in [1.82, 2.24) is 0 Å². The van der Waals surface area contributed by atoms with E-state index in [4.69, 9.17) is 9.47 Å². The Hall–Kier alpha value is -1.18. The van der Waals surface area contributed by atoms with Crippen LogP contribution in [0.5, 0.6) is 11.5 Å². The highest BCUT2D eigenvalue weighted by Gasteiger charge is 2.00. The summed E-state index contributed by atoms with van der Waals surface area (Å²) >= 11 is 0. The molecule has 2 nitrogen and oxygen atoms in total. The third-order valence-electron chi connectivity index (χ3n) is 1.97. The second kappa shape index (κ2) is 4.75. The summed E-state index contributed by atoms with van der Waals surface area (Å²) in [5.74, 6) is 1.76. The first-order valence-electron chi connectivity index (χ1n) is 4.57. The number of methoxy groups -OCH3 is 1. The van der Waals surface area contributed by atoms with E-state index in [0.717, 1.165) is 17.9 Å². The number of hydrogen-bond donors (Lipinski definition) is 0. The molecule has 1 atom stereocenters. The van der Waals surface area contributed by atoms with Crippen molar-refractivity contribution in [2.45, 2.75) is 26.4 Å². The molecule has 0 spiro atoms. The molecule has 1 aromatic rings. The summed E-state index contributed by atoms with van der Waals surface area (Å²) in [6, 6.07) is 7.64. The molecule has 0 saturated carbocycles. The number of benzene rings is 1. The summed E-state index contributed by atoms with van der Waals surface area (Å²) in [5, 5.41) is 0. The van der Waals surface area contributed by atoms with E-state index >= 15 is 0 Å². The Labute approximate surface area is 79.5 Å². The Morgan fingerprint density at radius 2 is 1.69 bits per heavy atom. The average Bonchev–Trinajstić information content (AvgIpc) is 2.19. The van der Waals surface area contributed by atoms with Gasteiger partial charge in [0.05, 0.1) is 13.2 Å². The van der Waals surface area contributed by atoms with Gasteiger partial charge in [0.1, 0.15) is 11.5 Å². The van der Waals surface area contributed by atoms with Crippen LogP contribution >= 0.6 is 0 Å². The molecule has 0 radical (unpaired) electrons. The van der Waals surface area contributed by atoms with Crippen LogP contribution in [0.3, 0.4) is 0 Å². The van der Waals surface area contributed by atoms with Crippen LogP contribution in [0.15, 0.2) is 24.3 Å². The van der Waals surface area contributed by atoms with Gasteiger partial charge >= 0.3 is 0 Å². The van der Waals surface area contributed by atoms with E-state index in [1.807, 2.05) is 24.3 Å². The van der Waals surface area contributed by atoms with E-state index in [1.54, 1.807) is 7.11 Å². The molecule has 0 saturated heterocycles. The summed E-state index contributed by atoms with van der Waals surface area (Å²) in [7, 11) is 1.66. The van der Waals surface area contributed by atoms with Crippen LogP contribution in [0.1, 0.15) is 20.3 Å². The minimum atomic E-state index is 0.272. The molecule has 0 N–H and O–H groups in total. The van der Waals surface area contributed by atoms with Crippen molar-refractivity contribution in [3.63, 3.8) is 0 Å². The zero-order valence-electron chi connectivity index (χ0n) is 8.41. The highest BCUT2D eigenvalue weighted by atomic mass is 16.5. The van der Waals surface area contributed by atoms with Gasteiger partial charge in [0, 0.05) is 0 Å². The first kappa shape index (κ1) is 9.90. The summed E-state index contributed by atoms with van der Waals surface area (Å²) in [5.41, 5.74) is 0. The summed E-state index contributed by atoms with van der Waals surface area (Å²) in [6.07, 6.45) is 1.29. The van der Waals surface area contributed by atoms with Crippen molar-refractivity contribution < 1.29 is 9.47 Å². The smallest absolute Gasteiger partial charge is 0.119 e. The lowest BCUT2D eigenvalue weighted by molar-refractivity contribution is 0.217. The maximum Gasteiger partial charge on any atom is 0.119 e. The van der Waals surface area contributed by atoms with Crippen molar-refractivity contribution >= 4 is 0 Å². The molecule has 0 heterocycles. The van der Waals surface area contributed by atoms with Gasteiger partial charge in [-0.25, -0.2) is 0 Å². The molecule has 1 unspecified atom stereocenters. The van der Waals surface area contributed by atoms with Crippen molar-refractivity contribution in [3.8, 4) is 11.5 Å². The largest absolute Gasteiger partial charge is 0.497 e. The normalized spacial score (nSPS) is 12.2. The molecule has 2 heteroatoms. The number of hydrogen-bond acceptors (Lipinski definition) is 2. The van der Waals surface area contributed by atoms with Crippen LogP contribution in [0, 0.1) is 0 Å². The Kier molecular flexibility index (Phi) is 3.62. The maximum atomic E-state index is 5.61. The molecular formula is C11H16O2. The molecular weight excluding hydrogens is 164 g/mol. The third-order valence-corrected chi connectivity index (χ3v) is 1.97. The lowest BCUT2D eigenvalue weighted by atomic mass is 10.3. The quantitative estimate of drug-likeness (QED) is 0.709. The Morgan fingerprint density at radius 3 is 2.15 bits per heavy atom. The molecule has 0 aliphatic carbocycles. The second-order valence-electron chi connectivity index (χ2n) is 3.01. The van der Waals surface area contributed by atoms with Crippen molar-refractivity contribution in [3.05, 3.63) is 24.3 Å². The van der Waals surface area contributed by atoms with Gasteiger partial charge in [-0.3, -0.25) is 0 Å². The van der Waals surface area contributed by atoms with Crippen LogP contribution in [0.25, 0.3) is 0 Å². The molecule has 0 fully saturated rings. The summed E-state index contributed by atoms with van der Waals surface area (Å²) < 4.78 is 10.7. The fraction of sp³-hybridized carbons (Fsp3) is 0.455. The number of ether oxygens (including phenoxy) is 2. The Balaban J connectivity index is 2.58. The lowest BCUT2D eigenvalue weighted by Gasteiger charge is -2.12. The van der Waals surface area contributed by atoms with Crippen LogP contribution in [-0.4, -0.2) is 13.2 Å². The van der Waals surface area contributed by atoms with Gasteiger partial charge in [0.25, 0.3) is 0 Å². The van der Waals surface area contributed by atoms with Gasteiger partial charge in [0.15, 0.2) is 0 Å². The SMILES string of the molecule is CCC(C)Oc1ccc(OC)cc1. The Bertz CT molecular complexity index is 241. The monoisotopic (exact) mass is 180 g/mol. The number of rotatable bonds is 4. The predicted octanol–water partition coefficient (Wildman–Crippen LogP) is 2.87. The van der Waals surface area contributed by atoms with E-state index in [-0.39, 0.29) is 6.10 Å². The van der Waals surface area contributed by atoms with Crippen LogP contribution in [0.2, 0.25) is 0 Å². The fourth-order valence-corrected chi connectivity index (χ4v) is 0.970. The first-order chi connectivity index (χ1) is 6.26. The van der Waals surface area contributed by atoms with E-state index in [0.29, 0.717) is 0 Å². The minimum absolute atomic E-state index is 0.272. The lowest BCUT2D eigenvalue weighted by Crippen LogP contribution is -2.09. The van der Waals surface area contributed by atoms with E-state index in [2.05, 4.69) is 13.8 Å². The van der Waals surface area contributed by atoms with Crippen molar-refractivity contribution in [2.24, 2.45) is 0 Å². The summed E-state index contributed by atoms with van der Waals surface area (Å²) in [4.78, 5) is 0. The highest BCUT2D eigenvalue weighted by Crippen LogP contribution is 2.18. The predicted molar refractivity (Wildman–Crippen MR) is 53.4 cm³/mol. The first-order valence-corrected chi connectivity index (χ1v) is 4.57. The van der Waals surface area contributed by atoms with Gasteiger partial charge in [0.2, 0.25) is 0 Å². The molecule has 1 aromatic carbocycles. The standard InChI is InChI=1S/C11H16O2/c1-4-9(2)13-11-7-5-10(12-3)6-8-11/h5-9H,4H2,1-3H3.